The van der Waals surface area contributed by atoms with Crippen molar-refractivity contribution in [2.75, 3.05) is 39.6 Å². The van der Waals surface area contributed by atoms with Crippen LogP contribution in [0.25, 0.3) is 0 Å². The quantitative estimate of drug-likeness (QED) is 0.0222. The minimum atomic E-state index is -4.96. The molecule has 0 radical (unpaired) electrons. The molecule has 0 aromatic heterocycles. The topological polar surface area (TPSA) is 237 Å². The van der Waals surface area contributed by atoms with Gasteiger partial charge in [0.2, 0.25) is 0 Å². The summed E-state index contributed by atoms with van der Waals surface area (Å²) < 4.78 is 68.5. The maximum atomic E-state index is 13.1. The van der Waals surface area contributed by atoms with E-state index in [9.17, 15) is 43.2 Å². The summed E-state index contributed by atoms with van der Waals surface area (Å²) in [5, 5.41) is 10.6. The second kappa shape index (κ2) is 68.8. The Balaban J connectivity index is 5.21. The van der Waals surface area contributed by atoms with E-state index in [1.807, 2.05) is 0 Å². The van der Waals surface area contributed by atoms with Gasteiger partial charge in [-0.15, -0.1) is 0 Å². The molecule has 3 N–H and O–H groups in total. The first-order chi connectivity index (χ1) is 46.4. The van der Waals surface area contributed by atoms with E-state index in [1.54, 1.807) is 0 Å². The van der Waals surface area contributed by atoms with Gasteiger partial charge in [0.25, 0.3) is 0 Å². The molecular formula is C77H150O17P2. The SMILES string of the molecule is CCCCCCCCCCCCCCCCCCCC(=O)OC[C@H](COP(=O)(O)OC[C@@H](O)COP(=O)(O)OC[C@@H](COC(=O)CCCCCCCCC(C)C)OC(=O)CCCCCCCCCCCCC)OC(=O)CCCCCCCCCCCCCCCCCCC(C)C. The normalized spacial score (nSPS) is 14.0. The molecule has 96 heavy (non-hydrogen) atoms. The van der Waals surface area contributed by atoms with Crippen LogP contribution in [0, 0.1) is 11.8 Å². The van der Waals surface area contributed by atoms with Crippen molar-refractivity contribution in [2.24, 2.45) is 11.8 Å². The Hall–Kier alpha value is -1.94. The number of rotatable bonds is 76. The lowest BCUT2D eigenvalue weighted by Gasteiger charge is -2.21. The molecule has 19 heteroatoms. The van der Waals surface area contributed by atoms with E-state index in [0.717, 1.165) is 102 Å². The van der Waals surface area contributed by atoms with Crippen molar-refractivity contribution in [3.63, 3.8) is 0 Å². The zero-order valence-corrected chi connectivity index (χ0v) is 64.5. The fourth-order valence-electron chi connectivity index (χ4n) is 11.8. The number of hydrogen-bond acceptors (Lipinski definition) is 15. The van der Waals surface area contributed by atoms with E-state index in [4.69, 9.17) is 37.0 Å². The lowest BCUT2D eigenvalue weighted by atomic mass is 10.0. The van der Waals surface area contributed by atoms with Crippen LogP contribution in [-0.2, 0) is 65.4 Å². The third-order valence-electron chi connectivity index (χ3n) is 18.0. The van der Waals surface area contributed by atoms with Gasteiger partial charge < -0.3 is 33.8 Å². The van der Waals surface area contributed by atoms with Crippen LogP contribution in [0.1, 0.15) is 401 Å². The van der Waals surface area contributed by atoms with Crippen molar-refractivity contribution >= 4 is 39.5 Å². The van der Waals surface area contributed by atoms with Gasteiger partial charge in [-0.3, -0.25) is 37.3 Å². The molecule has 0 bridgehead atoms. The third kappa shape index (κ3) is 70.5. The van der Waals surface area contributed by atoms with E-state index < -0.39 is 97.5 Å². The average Bonchev–Trinajstić information content (AvgIpc) is 1.23. The van der Waals surface area contributed by atoms with Crippen LogP contribution in [0.2, 0.25) is 0 Å². The van der Waals surface area contributed by atoms with E-state index >= 15 is 0 Å². The molecule has 0 heterocycles. The first-order valence-electron chi connectivity index (χ1n) is 40.0. The van der Waals surface area contributed by atoms with Gasteiger partial charge in [0, 0.05) is 25.7 Å². The fourth-order valence-corrected chi connectivity index (χ4v) is 13.4. The molecule has 17 nitrogen and oxygen atoms in total. The van der Waals surface area contributed by atoms with Gasteiger partial charge in [-0.05, 0) is 37.5 Å². The smallest absolute Gasteiger partial charge is 0.462 e. The van der Waals surface area contributed by atoms with Crippen molar-refractivity contribution in [3.8, 4) is 0 Å². The molecule has 0 aromatic rings. The molecule has 0 spiro atoms. The summed E-state index contributed by atoms with van der Waals surface area (Å²) in [6.07, 6.45) is 57.0. The van der Waals surface area contributed by atoms with Gasteiger partial charge >= 0.3 is 39.5 Å². The number of hydrogen-bond donors (Lipinski definition) is 3. The molecule has 0 amide bonds. The Morgan fingerprint density at radius 1 is 0.281 bits per heavy atom. The van der Waals surface area contributed by atoms with Crippen LogP contribution in [0.3, 0.4) is 0 Å². The average molecular weight is 1410 g/mol. The zero-order valence-electron chi connectivity index (χ0n) is 62.7. The van der Waals surface area contributed by atoms with Gasteiger partial charge in [-0.25, -0.2) is 9.13 Å². The third-order valence-corrected chi connectivity index (χ3v) is 19.9. The molecule has 570 valence electrons. The molecular weight excluding hydrogens is 1260 g/mol. The number of ether oxygens (including phenoxy) is 4. The van der Waals surface area contributed by atoms with Crippen molar-refractivity contribution in [3.05, 3.63) is 0 Å². The molecule has 0 saturated carbocycles. The Morgan fingerprint density at radius 3 is 0.708 bits per heavy atom. The summed E-state index contributed by atoms with van der Waals surface area (Å²) in [5.41, 5.74) is 0. The van der Waals surface area contributed by atoms with Crippen LogP contribution in [-0.4, -0.2) is 96.7 Å². The van der Waals surface area contributed by atoms with Crippen LogP contribution in [0.5, 0.6) is 0 Å². The second-order valence-corrected chi connectivity index (χ2v) is 31.6. The highest BCUT2D eigenvalue weighted by molar-refractivity contribution is 7.47. The van der Waals surface area contributed by atoms with E-state index in [1.165, 1.54) is 212 Å². The number of carbonyl (C=O) groups excluding carboxylic acids is 4. The Labute approximate surface area is 588 Å². The second-order valence-electron chi connectivity index (χ2n) is 28.7. The lowest BCUT2D eigenvalue weighted by molar-refractivity contribution is -0.161. The number of unbranched alkanes of at least 4 members (excludes halogenated alkanes) is 46. The van der Waals surface area contributed by atoms with Crippen molar-refractivity contribution in [2.45, 2.75) is 419 Å². The lowest BCUT2D eigenvalue weighted by Crippen LogP contribution is -2.30. The first kappa shape index (κ1) is 94.1. The summed E-state index contributed by atoms with van der Waals surface area (Å²) in [4.78, 5) is 72.8. The zero-order chi connectivity index (χ0) is 70.7. The van der Waals surface area contributed by atoms with Gasteiger partial charge in [0.05, 0.1) is 26.4 Å². The number of phosphoric acid groups is 2. The summed E-state index contributed by atoms with van der Waals surface area (Å²) in [7, 11) is -9.91. The summed E-state index contributed by atoms with van der Waals surface area (Å²) in [6.45, 7) is 9.55. The first-order valence-corrected chi connectivity index (χ1v) is 43.0. The van der Waals surface area contributed by atoms with Gasteiger partial charge in [0.15, 0.2) is 12.2 Å². The monoisotopic (exact) mass is 1410 g/mol. The van der Waals surface area contributed by atoms with Crippen LogP contribution < -0.4 is 0 Å². The predicted octanol–water partition coefficient (Wildman–Crippen LogP) is 22.7. The molecule has 0 aliphatic carbocycles. The highest BCUT2D eigenvalue weighted by atomic mass is 31.2. The molecule has 0 aliphatic heterocycles. The molecule has 0 aromatic carbocycles. The standard InChI is InChI=1S/C77H150O17P2/c1-7-9-11-13-15-17-19-20-21-22-26-29-33-36-40-47-53-59-74(79)87-65-72(93-77(82)62-56-50-42-38-34-30-27-24-23-25-28-32-35-39-45-51-57-69(3)4)67-91-95(83,84)89-63-71(78)64-90-96(85,86)92-68-73(66-88-75(80)60-54-48-44-43-46-52-58-70(5)6)94-76(81)61-55-49-41-37-31-18-16-14-12-10-8-2/h69-73,78H,7-68H2,1-6H3,(H,83,84)(H,85,86)/t71-,72-,73-/m1/s1. The number of carbonyl (C=O) groups is 4. The molecule has 0 aliphatic rings. The molecule has 2 unspecified atom stereocenters. The summed E-state index contributed by atoms with van der Waals surface area (Å²) >= 11 is 0. The maximum absolute atomic E-state index is 13.1. The predicted molar refractivity (Wildman–Crippen MR) is 391 cm³/mol. The minimum absolute atomic E-state index is 0.106. The largest absolute Gasteiger partial charge is 0.472 e. The van der Waals surface area contributed by atoms with Crippen LogP contribution >= 0.6 is 15.6 Å². The molecule has 0 fully saturated rings. The van der Waals surface area contributed by atoms with E-state index in [2.05, 4.69) is 41.5 Å². The van der Waals surface area contributed by atoms with Crippen molar-refractivity contribution in [1.29, 1.82) is 0 Å². The molecule has 0 rings (SSSR count). The molecule has 5 atom stereocenters. The van der Waals surface area contributed by atoms with Crippen molar-refractivity contribution < 1.29 is 80.2 Å². The number of aliphatic hydroxyl groups is 1. The van der Waals surface area contributed by atoms with Gasteiger partial charge in [-0.2, -0.15) is 0 Å². The van der Waals surface area contributed by atoms with Crippen LogP contribution in [0.4, 0.5) is 0 Å². The Bertz CT molecular complexity index is 1860. The number of aliphatic hydroxyl groups excluding tert-OH is 1. The summed E-state index contributed by atoms with van der Waals surface area (Å²) in [6, 6.07) is 0. The highest BCUT2D eigenvalue weighted by Gasteiger charge is 2.30. The van der Waals surface area contributed by atoms with Gasteiger partial charge in [-0.1, -0.05) is 350 Å². The van der Waals surface area contributed by atoms with E-state index in [-0.39, 0.29) is 25.7 Å². The van der Waals surface area contributed by atoms with Gasteiger partial charge in [0.1, 0.15) is 19.3 Å². The fraction of sp³-hybridized carbons (Fsp3) is 0.948. The maximum Gasteiger partial charge on any atom is 0.472 e. The Kier molecular flexibility index (Phi) is 67.4. The molecule has 0 saturated heterocycles. The van der Waals surface area contributed by atoms with Crippen molar-refractivity contribution in [1.82, 2.24) is 0 Å². The number of esters is 4. The summed E-state index contributed by atoms with van der Waals surface area (Å²) in [5.74, 6) is -0.627. The minimum Gasteiger partial charge on any atom is -0.462 e. The van der Waals surface area contributed by atoms with E-state index in [0.29, 0.717) is 31.6 Å². The highest BCUT2D eigenvalue weighted by Crippen LogP contribution is 2.45. The Morgan fingerprint density at radius 2 is 0.479 bits per heavy atom. The number of phosphoric ester groups is 2. The van der Waals surface area contributed by atoms with Crippen LogP contribution in [0.15, 0.2) is 0 Å².